The second-order valence-corrected chi connectivity index (χ2v) is 5.70. The molecule has 0 spiro atoms. The van der Waals surface area contributed by atoms with E-state index in [1.807, 2.05) is 14.0 Å². The Balaban J connectivity index is 2.35. The SMILES string of the molecule is CCNC(Cc1c(C)nn(C)c1Cl)c1ccccc1CC. The molecule has 0 bridgehead atoms. The molecular weight excluding hydrogens is 282 g/mol. The number of benzene rings is 1. The van der Waals surface area contributed by atoms with Crippen LogP contribution in [-0.4, -0.2) is 16.3 Å². The molecule has 1 aromatic heterocycles. The number of hydrogen-bond donors (Lipinski definition) is 1. The van der Waals surface area contributed by atoms with Crippen LogP contribution < -0.4 is 5.32 Å². The molecule has 0 aliphatic rings. The summed E-state index contributed by atoms with van der Waals surface area (Å²) in [4.78, 5) is 0. The van der Waals surface area contributed by atoms with E-state index in [1.165, 1.54) is 11.1 Å². The Bertz CT molecular complexity index is 604. The molecule has 0 radical (unpaired) electrons. The first-order valence-corrected chi connectivity index (χ1v) is 7.95. The summed E-state index contributed by atoms with van der Waals surface area (Å²) in [5.41, 5.74) is 4.90. The first-order chi connectivity index (χ1) is 10.1. The van der Waals surface area contributed by atoms with Crippen LogP contribution in [-0.2, 0) is 19.9 Å². The van der Waals surface area contributed by atoms with Crippen LogP contribution in [0.1, 0.15) is 42.3 Å². The van der Waals surface area contributed by atoms with Crippen LogP contribution >= 0.6 is 11.6 Å². The standard InChI is InChI=1S/C17H24ClN3/c1-5-13-9-7-8-10-14(13)16(19-6-2)11-15-12(3)20-21(4)17(15)18/h7-10,16,19H,5-6,11H2,1-4H3. The molecule has 4 heteroatoms. The fourth-order valence-electron chi connectivity index (χ4n) is 2.84. The quantitative estimate of drug-likeness (QED) is 0.879. The van der Waals surface area contributed by atoms with Gasteiger partial charge in [0, 0.05) is 18.7 Å². The minimum Gasteiger partial charge on any atom is -0.310 e. The van der Waals surface area contributed by atoms with E-state index in [0.717, 1.165) is 35.8 Å². The maximum atomic E-state index is 6.39. The van der Waals surface area contributed by atoms with Gasteiger partial charge in [0.1, 0.15) is 5.15 Å². The largest absolute Gasteiger partial charge is 0.310 e. The van der Waals surface area contributed by atoms with E-state index in [9.17, 15) is 0 Å². The monoisotopic (exact) mass is 305 g/mol. The highest BCUT2D eigenvalue weighted by Gasteiger charge is 2.19. The molecular formula is C17H24ClN3. The van der Waals surface area contributed by atoms with Crippen LogP contribution in [0, 0.1) is 6.92 Å². The third-order valence-corrected chi connectivity index (χ3v) is 4.41. The molecule has 0 saturated heterocycles. The van der Waals surface area contributed by atoms with E-state index in [0.29, 0.717) is 0 Å². The van der Waals surface area contributed by atoms with Gasteiger partial charge in [-0.15, -0.1) is 0 Å². The van der Waals surface area contributed by atoms with E-state index < -0.39 is 0 Å². The van der Waals surface area contributed by atoms with Crippen molar-refractivity contribution >= 4 is 11.6 Å². The second kappa shape index (κ2) is 7.10. The smallest absolute Gasteiger partial charge is 0.130 e. The average molecular weight is 306 g/mol. The molecule has 1 heterocycles. The van der Waals surface area contributed by atoms with Crippen molar-refractivity contribution in [1.82, 2.24) is 15.1 Å². The van der Waals surface area contributed by atoms with Gasteiger partial charge in [-0.25, -0.2) is 0 Å². The highest BCUT2D eigenvalue weighted by Crippen LogP contribution is 2.27. The molecule has 1 atom stereocenters. The highest BCUT2D eigenvalue weighted by molar-refractivity contribution is 6.30. The van der Waals surface area contributed by atoms with Crippen LogP contribution in [0.25, 0.3) is 0 Å². The first kappa shape index (κ1) is 16.1. The van der Waals surface area contributed by atoms with Crippen LogP contribution in [0.3, 0.4) is 0 Å². The Morgan fingerprint density at radius 1 is 1.29 bits per heavy atom. The van der Waals surface area contributed by atoms with Crippen molar-refractivity contribution in [3.8, 4) is 0 Å². The maximum absolute atomic E-state index is 6.39. The van der Waals surface area contributed by atoms with E-state index in [4.69, 9.17) is 11.6 Å². The summed E-state index contributed by atoms with van der Waals surface area (Å²) >= 11 is 6.39. The van der Waals surface area contributed by atoms with Crippen LogP contribution in [0.2, 0.25) is 5.15 Å². The zero-order chi connectivity index (χ0) is 15.4. The van der Waals surface area contributed by atoms with Gasteiger partial charge in [0.25, 0.3) is 0 Å². The zero-order valence-corrected chi connectivity index (χ0v) is 14.0. The lowest BCUT2D eigenvalue weighted by molar-refractivity contribution is 0.545. The van der Waals surface area contributed by atoms with E-state index >= 15 is 0 Å². The van der Waals surface area contributed by atoms with Crippen molar-refractivity contribution in [3.05, 3.63) is 51.8 Å². The summed E-state index contributed by atoms with van der Waals surface area (Å²) in [6.45, 7) is 7.29. The normalized spacial score (nSPS) is 12.6. The fourth-order valence-corrected chi connectivity index (χ4v) is 3.10. The summed E-state index contributed by atoms with van der Waals surface area (Å²) < 4.78 is 1.75. The van der Waals surface area contributed by atoms with Gasteiger partial charge in [-0.2, -0.15) is 5.10 Å². The van der Waals surface area contributed by atoms with Gasteiger partial charge in [0.05, 0.1) is 5.69 Å². The Labute approximate surface area is 132 Å². The molecule has 1 aromatic carbocycles. The number of nitrogens with zero attached hydrogens (tertiary/aromatic N) is 2. The van der Waals surface area contributed by atoms with Gasteiger partial charge in [-0.05, 0) is 37.4 Å². The van der Waals surface area contributed by atoms with E-state index in [2.05, 4.69) is 48.5 Å². The van der Waals surface area contributed by atoms with Crippen molar-refractivity contribution < 1.29 is 0 Å². The number of aryl methyl sites for hydroxylation is 3. The van der Waals surface area contributed by atoms with Crippen molar-refractivity contribution in [2.24, 2.45) is 7.05 Å². The summed E-state index contributed by atoms with van der Waals surface area (Å²) in [6.07, 6.45) is 1.90. The minimum atomic E-state index is 0.270. The number of nitrogens with one attached hydrogen (secondary N) is 1. The van der Waals surface area contributed by atoms with Gasteiger partial charge in [-0.1, -0.05) is 49.7 Å². The topological polar surface area (TPSA) is 29.9 Å². The number of rotatable bonds is 6. The lowest BCUT2D eigenvalue weighted by Gasteiger charge is -2.21. The predicted octanol–water partition coefficient (Wildman–Crippen LogP) is 3.84. The predicted molar refractivity (Wildman–Crippen MR) is 88.9 cm³/mol. The Morgan fingerprint density at radius 3 is 2.57 bits per heavy atom. The summed E-state index contributed by atoms with van der Waals surface area (Å²) in [5.74, 6) is 0. The number of aromatic nitrogens is 2. The number of halogens is 1. The molecule has 0 saturated carbocycles. The Morgan fingerprint density at radius 2 is 2.00 bits per heavy atom. The number of likely N-dealkylation sites (N-methyl/N-ethyl adjacent to an activating group) is 1. The molecule has 0 aliphatic carbocycles. The third-order valence-electron chi connectivity index (χ3n) is 3.94. The summed E-state index contributed by atoms with van der Waals surface area (Å²) in [7, 11) is 1.89. The molecule has 2 rings (SSSR count). The molecule has 3 nitrogen and oxygen atoms in total. The lowest BCUT2D eigenvalue weighted by atomic mass is 9.94. The molecule has 0 aliphatic heterocycles. The Hall–Kier alpha value is -1.32. The van der Waals surface area contributed by atoms with Crippen LogP contribution in [0.15, 0.2) is 24.3 Å². The van der Waals surface area contributed by atoms with Gasteiger partial charge in [0.2, 0.25) is 0 Å². The summed E-state index contributed by atoms with van der Waals surface area (Å²) in [6, 6.07) is 8.90. The molecule has 0 fully saturated rings. The zero-order valence-electron chi connectivity index (χ0n) is 13.3. The average Bonchev–Trinajstić information content (AvgIpc) is 2.73. The van der Waals surface area contributed by atoms with Gasteiger partial charge >= 0.3 is 0 Å². The number of hydrogen-bond acceptors (Lipinski definition) is 2. The molecule has 21 heavy (non-hydrogen) atoms. The fraction of sp³-hybridized carbons (Fsp3) is 0.471. The third kappa shape index (κ3) is 3.47. The van der Waals surface area contributed by atoms with Crippen LogP contribution in [0.4, 0.5) is 0 Å². The second-order valence-electron chi connectivity index (χ2n) is 5.35. The molecule has 1 N–H and O–H groups in total. The lowest BCUT2D eigenvalue weighted by Crippen LogP contribution is -2.24. The van der Waals surface area contributed by atoms with Crippen molar-refractivity contribution in [3.63, 3.8) is 0 Å². The van der Waals surface area contributed by atoms with Gasteiger partial charge < -0.3 is 5.32 Å². The molecule has 2 aromatic rings. The van der Waals surface area contributed by atoms with E-state index in [1.54, 1.807) is 4.68 Å². The van der Waals surface area contributed by atoms with Crippen molar-refractivity contribution in [1.29, 1.82) is 0 Å². The Kier molecular flexibility index (Phi) is 5.43. The maximum Gasteiger partial charge on any atom is 0.130 e. The summed E-state index contributed by atoms with van der Waals surface area (Å²) in [5, 5.41) is 8.75. The van der Waals surface area contributed by atoms with Crippen LogP contribution in [0.5, 0.6) is 0 Å². The van der Waals surface area contributed by atoms with Gasteiger partial charge in [-0.3, -0.25) is 4.68 Å². The molecule has 1 unspecified atom stereocenters. The molecule has 0 amide bonds. The molecule has 114 valence electrons. The van der Waals surface area contributed by atoms with Gasteiger partial charge in [0.15, 0.2) is 0 Å². The van der Waals surface area contributed by atoms with Crippen molar-refractivity contribution in [2.75, 3.05) is 6.54 Å². The first-order valence-electron chi connectivity index (χ1n) is 7.57. The highest BCUT2D eigenvalue weighted by atomic mass is 35.5. The van der Waals surface area contributed by atoms with E-state index in [-0.39, 0.29) is 6.04 Å². The van der Waals surface area contributed by atoms with Crippen molar-refractivity contribution in [2.45, 2.75) is 39.7 Å². The minimum absolute atomic E-state index is 0.270.